The average molecular weight is 399 g/mol. The minimum atomic E-state index is 0.0206. The molecule has 2 aliphatic heterocycles. The van der Waals surface area contributed by atoms with Gasteiger partial charge in [0.05, 0.1) is 18.9 Å². The van der Waals surface area contributed by atoms with Crippen LogP contribution in [0.5, 0.6) is 5.75 Å². The molecule has 7 nitrogen and oxygen atoms in total. The summed E-state index contributed by atoms with van der Waals surface area (Å²) in [5, 5.41) is 7.67. The van der Waals surface area contributed by atoms with Gasteiger partial charge in [-0.3, -0.25) is 14.4 Å². The lowest BCUT2D eigenvalue weighted by Gasteiger charge is -2.26. The normalized spacial score (nSPS) is 19.9. The fourth-order valence-corrected chi connectivity index (χ4v) is 4.15. The van der Waals surface area contributed by atoms with Crippen molar-refractivity contribution in [3.8, 4) is 5.75 Å². The Balaban J connectivity index is 1.47. The largest absolute Gasteiger partial charge is 0.492 e. The second-order valence-electron chi connectivity index (χ2n) is 8.10. The Morgan fingerprint density at radius 1 is 1.24 bits per heavy atom. The van der Waals surface area contributed by atoms with Gasteiger partial charge in [0, 0.05) is 44.6 Å². The molecule has 156 valence electrons. The first-order valence-corrected chi connectivity index (χ1v) is 10.4. The number of anilines is 1. The number of carbonyl (C=O) groups excluding carboxylic acids is 1. The van der Waals surface area contributed by atoms with E-state index in [1.54, 1.807) is 4.68 Å². The number of benzene rings is 1. The standard InChI is InChI=1S/C22H30N4O3/c1-15(2)21-20-18(14-19(27)23-22(20)25(3)24-21)16-4-6-17(7-5-16)29-13-10-26-8-11-28-12-9-26/h4-7,15,18H,8-14H2,1-3H3,(H,23,27). The summed E-state index contributed by atoms with van der Waals surface area (Å²) in [6.45, 7) is 9.40. The molecule has 1 fully saturated rings. The van der Waals surface area contributed by atoms with E-state index in [2.05, 4.69) is 41.3 Å². The molecule has 1 aromatic carbocycles. The van der Waals surface area contributed by atoms with Crippen molar-refractivity contribution >= 4 is 11.7 Å². The zero-order valence-corrected chi connectivity index (χ0v) is 17.5. The summed E-state index contributed by atoms with van der Waals surface area (Å²) in [6.07, 6.45) is 0.440. The fraction of sp³-hybridized carbons (Fsp3) is 0.545. The number of ether oxygens (including phenoxy) is 2. The number of rotatable bonds is 6. The Morgan fingerprint density at radius 2 is 1.97 bits per heavy atom. The molecule has 1 atom stereocenters. The maximum absolute atomic E-state index is 12.3. The molecule has 29 heavy (non-hydrogen) atoms. The molecule has 1 N–H and O–H groups in total. The number of aromatic nitrogens is 2. The maximum atomic E-state index is 12.3. The van der Waals surface area contributed by atoms with Crippen LogP contribution in [-0.4, -0.2) is 60.0 Å². The van der Waals surface area contributed by atoms with E-state index in [1.165, 1.54) is 0 Å². The van der Waals surface area contributed by atoms with Gasteiger partial charge in [0.2, 0.25) is 5.91 Å². The van der Waals surface area contributed by atoms with Crippen LogP contribution in [0.2, 0.25) is 0 Å². The molecule has 1 amide bonds. The molecular weight excluding hydrogens is 368 g/mol. The summed E-state index contributed by atoms with van der Waals surface area (Å²) in [5.74, 6) is 2.03. The molecule has 1 unspecified atom stereocenters. The van der Waals surface area contributed by atoms with E-state index in [4.69, 9.17) is 9.47 Å². The topological polar surface area (TPSA) is 68.6 Å². The van der Waals surface area contributed by atoms with E-state index in [9.17, 15) is 4.79 Å². The molecule has 4 rings (SSSR count). The SMILES string of the molecule is CC(C)c1nn(C)c2c1C(c1ccc(OCCN3CCOCC3)cc1)CC(=O)N2. The minimum absolute atomic E-state index is 0.0206. The highest BCUT2D eigenvalue weighted by Crippen LogP contribution is 2.41. The number of nitrogens with zero attached hydrogens (tertiary/aromatic N) is 3. The van der Waals surface area contributed by atoms with E-state index in [0.717, 1.165) is 61.2 Å². The predicted molar refractivity (Wildman–Crippen MR) is 112 cm³/mol. The average Bonchev–Trinajstić information content (AvgIpc) is 3.06. The Kier molecular flexibility index (Phi) is 5.87. The van der Waals surface area contributed by atoms with Crippen molar-refractivity contribution in [3.63, 3.8) is 0 Å². The molecule has 0 aliphatic carbocycles. The quantitative estimate of drug-likeness (QED) is 0.810. The molecule has 3 heterocycles. The lowest BCUT2D eigenvalue weighted by atomic mass is 9.84. The lowest BCUT2D eigenvalue weighted by Crippen LogP contribution is -2.38. The third-order valence-corrected chi connectivity index (χ3v) is 5.72. The smallest absolute Gasteiger partial charge is 0.226 e. The van der Waals surface area contributed by atoms with Gasteiger partial charge in [-0.15, -0.1) is 0 Å². The summed E-state index contributed by atoms with van der Waals surface area (Å²) in [5.41, 5.74) is 3.32. The summed E-state index contributed by atoms with van der Waals surface area (Å²) in [6, 6.07) is 8.17. The number of aryl methyl sites for hydroxylation is 1. The van der Waals surface area contributed by atoms with Crippen molar-refractivity contribution in [2.24, 2.45) is 7.05 Å². The van der Waals surface area contributed by atoms with Crippen LogP contribution in [0.15, 0.2) is 24.3 Å². The van der Waals surface area contributed by atoms with Gasteiger partial charge in [-0.25, -0.2) is 0 Å². The number of amides is 1. The van der Waals surface area contributed by atoms with Gasteiger partial charge in [0.25, 0.3) is 0 Å². The van der Waals surface area contributed by atoms with Gasteiger partial charge >= 0.3 is 0 Å². The fourth-order valence-electron chi connectivity index (χ4n) is 4.15. The highest BCUT2D eigenvalue weighted by Gasteiger charge is 2.33. The van der Waals surface area contributed by atoms with E-state index >= 15 is 0 Å². The van der Waals surface area contributed by atoms with Crippen LogP contribution in [-0.2, 0) is 16.6 Å². The van der Waals surface area contributed by atoms with Crippen molar-refractivity contribution in [3.05, 3.63) is 41.1 Å². The number of fused-ring (bicyclic) bond motifs is 1. The molecule has 0 bridgehead atoms. The summed E-state index contributed by atoms with van der Waals surface area (Å²) >= 11 is 0. The second kappa shape index (κ2) is 8.55. The molecule has 0 saturated carbocycles. The molecule has 1 saturated heterocycles. The van der Waals surface area contributed by atoms with Crippen molar-refractivity contribution in [2.45, 2.75) is 32.1 Å². The summed E-state index contributed by atoms with van der Waals surface area (Å²) in [4.78, 5) is 14.7. The Bertz CT molecular complexity index is 854. The first-order valence-electron chi connectivity index (χ1n) is 10.4. The third-order valence-electron chi connectivity index (χ3n) is 5.72. The minimum Gasteiger partial charge on any atom is -0.492 e. The summed E-state index contributed by atoms with van der Waals surface area (Å²) in [7, 11) is 1.89. The molecule has 1 aromatic heterocycles. The molecule has 0 radical (unpaired) electrons. The van der Waals surface area contributed by atoms with Crippen LogP contribution < -0.4 is 10.1 Å². The highest BCUT2D eigenvalue weighted by molar-refractivity contribution is 5.94. The van der Waals surface area contributed by atoms with Crippen molar-refractivity contribution in [1.29, 1.82) is 0 Å². The van der Waals surface area contributed by atoms with Gasteiger partial charge < -0.3 is 14.8 Å². The second-order valence-corrected chi connectivity index (χ2v) is 8.10. The van der Waals surface area contributed by atoms with Gasteiger partial charge in [-0.2, -0.15) is 5.10 Å². The Hall–Kier alpha value is -2.38. The number of hydrogen-bond donors (Lipinski definition) is 1. The molecule has 0 spiro atoms. The monoisotopic (exact) mass is 398 g/mol. The highest BCUT2D eigenvalue weighted by atomic mass is 16.5. The molecule has 2 aliphatic rings. The van der Waals surface area contributed by atoms with Crippen LogP contribution in [0, 0.1) is 0 Å². The summed E-state index contributed by atoms with van der Waals surface area (Å²) < 4.78 is 13.1. The first kappa shape index (κ1) is 19.9. The van der Waals surface area contributed by atoms with E-state index in [0.29, 0.717) is 18.9 Å². The number of nitrogens with one attached hydrogen (secondary N) is 1. The van der Waals surface area contributed by atoms with Crippen LogP contribution in [0.3, 0.4) is 0 Å². The van der Waals surface area contributed by atoms with Gasteiger partial charge in [-0.1, -0.05) is 26.0 Å². The zero-order valence-electron chi connectivity index (χ0n) is 17.5. The van der Waals surface area contributed by atoms with Crippen molar-refractivity contribution in [1.82, 2.24) is 14.7 Å². The van der Waals surface area contributed by atoms with Crippen molar-refractivity contribution in [2.75, 3.05) is 44.8 Å². The van der Waals surface area contributed by atoms with E-state index < -0.39 is 0 Å². The Morgan fingerprint density at radius 3 is 2.66 bits per heavy atom. The third kappa shape index (κ3) is 4.31. The predicted octanol–water partition coefficient (Wildman–Crippen LogP) is 2.73. The lowest BCUT2D eigenvalue weighted by molar-refractivity contribution is -0.116. The van der Waals surface area contributed by atoms with Gasteiger partial charge in [-0.05, 0) is 23.6 Å². The number of carbonyl (C=O) groups is 1. The molecular formula is C22H30N4O3. The van der Waals surface area contributed by atoms with E-state index in [1.807, 2.05) is 19.2 Å². The van der Waals surface area contributed by atoms with Crippen LogP contribution >= 0.6 is 0 Å². The zero-order chi connectivity index (χ0) is 20.4. The Labute approximate surface area is 172 Å². The van der Waals surface area contributed by atoms with Crippen LogP contribution in [0.4, 0.5) is 5.82 Å². The molecule has 7 heteroatoms. The van der Waals surface area contributed by atoms with Crippen LogP contribution in [0.25, 0.3) is 0 Å². The molecule has 2 aromatic rings. The van der Waals surface area contributed by atoms with Gasteiger partial charge in [0.1, 0.15) is 18.2 Å². The maximum Gasteiger partial charge on any atom is 0.226 e. The first-order chi connectivity index (χ1) is 14.0. The van der Waals surface area contributed by atoms with Crippen molar-refractivity contribution < 1.29 is 14.3 Å². The number of morpholine rings is 1. The van der Waals surface area contributed by atoms with Crippen LogP contribution in [0.1, 0.15) is 48.9 Å². The van der Waals surface area contributed by atoms with E-state index in [-0.39, 0.29) is 11.8 Å². The number of hydrogen-bond acceptors (Lipinski definition) is 5. The van der Waals surface area contributed by atoms with Gasteiger partial charge in [0.15, 0.2) is 0 Å².